The minimum absolute atomic E-state index is 0.0153. The summed E-state index contributed by atoms with van der Waals surface area (Å²) in [5.74, 6) is 0.615. The first-order chi connectivity index (χ1) is 17.0. The molecule has 1 fully saturated rings. The first-order valence-electron chi connectivity index (χ1n) is 10.5. The van der Waals surface area contributed by atoms with Crippen LogP contribution in [0, 0.1) is 0 Å². The maximum Gasteiger partial charge on any atom is 0.416 e. The van der Waals surface area contributed by atoms with Crippen LogP contribution in [0.1, 0.15) is 16.7 Å². The van der Waals surface area contributed by atoms with Gasteiger partial charge in [0.2, 0.25) is 10.0 Å². The summed E-state index contributed by atoms with van der Waals surface area (Å²) in [6, 6.07) is 16.2. The lowest BCUT2D eigenvalue weighted by Crippen LogP contribution is -2.32. The number of hydrogen-bond acceptors (Lipinski definition) is 5. The summed E-state index contributed by atoms with van der Waals surface area (Å²) in [5, 5.41) is 0.762. The van der Waals surface area contributed by atoms with E-state index in [2.05, 4.69) is 4.99 Å². The molecule has 3 aromatic rings. The standard InChI is InChI=1S/C24H19Cl2F3N2O3S2/c1-34-19-8-5-15(6-9-19)14-31-23(30-18-7-10-20(25)21(26)13-18)35-22(36(31,32)33)12-16-3-2-4-17(11-16)24(27,28)29/h2-11,13,22H,12,14H2,1H3. The lowest BCUT2D eigenvalue weighted by Gasteiger charge is -2.18. The highest BCUT2D eigenvalue weighted by Gasteiger charge is 2.44. The zero-order valence-corrected chi connectivity index (χ0v) is 21.8. The summed E-state index contributed by atoms with van der Waals surface area (Å²) in [6.07, 6.45) is -4.66. The summed E-state index contributed by atoms with van der Waals surface area (Å²) < 4.78 is 71.9. The van der Waals surface area contributed by atoms with Gasteiger partial charge in [-0.05, 0) is 47.5 Å². The number of ether oxygens (including phenoxy) is 1. The molecule has 0 radical (unpaired) electrons. The number of nitrogens with zero attached hydrogens (tertiary/aromatic N) is 2. The maximum absolute atomic E-state index is 13.6. The van der Waals surface area contributed by atoms with Crippen LogP contribution in [0.3, 0.4) is 0 Å². The zero-order valence-electron chi connectivity index (χ0n) is 18.7. The molecule has 0 aliphatic carbocycles. The molecule has 0 spiro atoms. The van der Waals surface area contributed by atoms with Gasteiger partial charge in [0.15, 0.2) is 5.17 Å². The normalized spacial score (nSPS) is 18.6. The first kappa shape index (κ1) is 26.7. The molecule has 12 heteroatoms. The molecule has 0 N–H and O–H groups in total. The van der Waals surface area contributed by atoms with Crippen molar-refractivity contribution in [1.82, 2.24) is 4.31 Å². The molecule has 1 aliphatic rings. The average Bonchev–Trinajstić information content (AvgIpc) is 3.05. The predicted octanol–water partition coefficient (Wildman–Crippen LogP) is 7.16. The molecule has 36 heavy (non-hydrogen) atoms. The highest BCUT2D eigenvalue weighted by atomic mass is 35.5. The minimum atomic E-state index is -4.53. The second kappa shape index (κ2) is 10.5. The number of methoxy groups -OCH3 is 1. The third kappa shape index (κ3) is 5.94. The van der Waals surface area contributed by atoms with Gasteiger partial charge < -0.3 is 4.74 Å². The van der Waals surface area contributed by atoms with Crippen LogP contribution in [0.5, 0.6) is 5.75 Å². The zero-order chi connectivity index (χ0) is 26.1. The van der Waals surface area contributed by atoms with E-state index < -0.39 is 26.3 Å². The second-order valence-electron chi connectivity index (χ2n) is 7.84. The van der Waals surface area contributed by atoms with Crippen molar-refractivity contribution < 1.29 is 26.3 Å². The monoisotopic (exact) mass is 574 g/mol. The van der Waals surface area contributed by atoms with E-state index in [0.29, 0.717) is 22.0 Å². The molecule has 0 aromatic heterocycles. The maximum atomic E-state index is 13.6. The van der Waals surface area contributed by atoms with Gasteiger partial charge in [-0.15, -0.1) is 0 Å². The Kier molecular flexibility index (Phi) is 7.80. The number of benzene rings is 3. The minimum Gasteiger partial charge on any atom is -0.497 e. The quantitative estimate of drug-likeness (QED) is 0.313. The summed E-state index contributed by atoms with van der Waals surface area (Å²) in [4.78, 5) is 4.49. The van der Waals surface area contributed by atoms with Crippen LogP contribution in [0.15, 0.2) is 71.7 Å². The van der Waals surface area contributed by atoms with E-state index >= 15 is 0 Å². The van der Waals surface area contributed by atoms with Crippen molar-refractivity contribution in [1.29, 1.82) is 0 Å². The Hall–Kier alpha value is -2.40. The molecule has 0 amide bonds. The lowest BCUT2D eigenvalue weighted by molar-refractivity contribution is -0.137. The van der Waals surface area contributed by atoms with Crippen LogP contribution in [-0.2, 0) is 29.2 Å². The van der Waals surface area contributed by atoms with Gasteiger partial charge in [0.05, 0.1) is 35.0 Å². The molecule has 0 bridgehead atoms. The number of alkyl halides is 3. The molecule has 5 nitrogen and oxygen atoms in total. The van der Waals surface area contributed by atoms with Crippen molar-refractivity contribution in [2.75, 3.05) is 7.11 Å². The van der Waals surface area contributed by atoms with E-state index in [4.69, 9.17) is 27.9 Å². The van der Waals surface area contributed by atoms with Crippen molar-refractivity contribution in [3.63, 3.8) is 0 Å². The van der Waals surface area contributed by atoms with E-state index in [1.54, 1.807) is 36.4 Å². The van der Waals surface area contributed by atoms with Crippen molar-refractivity contribution in [3.8, 4) is 5.75 Å². The second-order valence-corrected chi connectivity index (χ2v) is 12.2. The molecule has 4 rings (SSSR count). The van der Waals surface area contributed by atoms with Crippen LogP contribution >= 0.6 is 35.0 Å². The van der Waals surface area contributed by atoms with E-state index in [9.17, 15) is 21.6 Å². The number of aliphatic imine (C=N–C) groups is 1. The van der Waals surface area contributed by atoms with Crippen LogP contribution in [0.2, 0.25) is 10.0 Å². The molecular weight excluding hydrogens is 556 g/mol. The topological polar surface area (TPSA) is 59.0 Å². The highest BCUT2D eigenvalue weighted by molar-refractivity contribution is 8.26. The third-order valence-electron chi connectivity index (χ3n) is 5.36. The average molecular weight is 575 g/mol. The molecule has 1 atom stereocenters. The summed E-state index contributed by atoms with van der Waals surface area (Å²) >= 11 is 13.0. The van der Waals surface area contributed by atoms with Crippen LogP contribution < -0.4 is 4.74 Å². The molecule has 1 heterocycles. The molecule has 190 valence electrons. The third-order valence-corrected chi connectivity index (χ3v) is 9.93. The van der Waals surface area contributed by atoms with Crippen LogP contribution in [-0.4, -0.2) is 29.6 Å². The van der Waals surface area contributed by atoms with Gasteiger partial charge >= 0.3 is 6.18 Å². The molecule has 0 saturated carbocycles. The molecular formula is C24H19Cl2F3N2O3S2. The summed E-state index contributed by atoms with van der Waals surface area (Å²) in [7, 11) is -2.46. The van der Waals surface area contributed by atoms with E-state index in [-0.39, 0.29) is 28.7 Å². The fourth-order valence-electron chi connectivity index (χ4n) is 3.50. The van der Waals surface area contributed by atoms with Gasteiger partial charge in [-0.25, -0.2) is 17.7 Å². The number of thioether (sulfide) groups is 1. The number of amidine groups is 1. The number of halogens is 5. The Morgan fingerprint density at radius 1 is 1.00 bits per heavy atom. The van der Waals surface area contributed by atoms with E-state index in [1.165, 1.54) is 29.6 Å². The smallest absolute Gasteiger partial charge is 0.416 e. The van der Waals surface area contributed by atoms with Crippen molar-refractivity contribution in [2.24, 2.45) is 4.99 Å². The number of rotatable bonds is 6. The molecule has 1 aliphatic heterocycles. The number of hydrogen-bond donors (Lipinski definition) is 0. The van der Waals surface area contributed by atoms with Gasteiger partial charge in [-0.3, -0.25) is 0 Å². The largest absolute Gasteiger partial charge is 0.497 e. The van der Waals surface area contributed by atoms with Crippen molar-refractivity contribution in [3.05, 3.63) is 93.5 Å². The van der Waals surface area contributed by atoms with Crippen molar-refractivity contribution in [2.45, 2.75) is 23.7 Å². The SMILES string of the molecule is COc1ccc(CN2C(=Nc3ccc(Cl)c(Cl)c3)SC(Cc3cccc(C(F)(F)F)c3)S2(=O)=O)cc1. The lowest BCUT2D eigenvalue weighted by atomic mass is 10.1. The van der Waals surface area contributed by atoms with Gasteiger partial charge in [-0.2, -0.15) is 13.2 Å². The van der Waals surface area contributed by atoms with Crippen LogP contribution in [0.25, 0.3) is 0 Å². The highest BCUT2D eigenvalue weighted by Crippen LogP contribution is 2.39. The van der Waals surface area contributed by atoms with E-state index in [0.717, 1.165) is 23.9 Å². The van der Waals surface area contributed by atoms with Crippen LogP contribution in [0.4, 0.5) is 18.9 Å². The van der Waals surface area contributed by atoms with Gasteiger partial charge in [0.25, 0.3) is 0 Å². The Bertz CT molecular complexity index is 1400. The fraction of sp³-hybridized carbons (Fsp3) is 0.208. The summed E-state index contributed by atoms with van der Waals surface area (Å²) in [5.41, 5.74) is 0.495. The van der Waals surface area contributed by atoms with Gasteiger partial charge in [0.1, 0.15) is 10.3 Å². The molecule has 1 saturated heterocycles. The Labute approximate surface area is 220 Å². The first-order valence-corrected chi connectivity index (χ1v) is 13.6. The molecule has 1 unspecified atom stereocenters. The van der Waals surface area contributed by atoms with Gasteiger partial charge in [-0.1, -0.05) is 65.3 Å². The fourth-order valence-corrected chi connectivity index (χ4v) is 7.42. The Morgan fingerprint density at radius 3 is 2.36 bits per heavy atom. The summed E-state index contributed by atoms with van der Waals surface area (Å²) in [6.45, 7) is -0.0153. The van der Waals surface area contributed by atoms with Gasteiger partial charge in [0, 0.05) is 6.42 Å². The Morgan fingerprint density at radius 2 is 1.72 bits per heavy atom. The van der Waals surface area contributed by atoms with E-state index in [1.807, 2.05) is 0 Å². The number of sulfonamides is 1. The Balaban J connectivity index is 1.70. The molecule has 3 aromatic carbocycles. The van der Waals surface area contributed by atoms with Crippen molar-refractivity contribution >= 4 is 55.8 Å². The predicted molar refractivity (Wildman–Crippen MR) is 138 cm³/mol.